The van der Waals surface area contributed by atoms with Crippen molar-refractivity contribution in [2.45, 2.75) is 26.3 Å². The van der Waals surface area contributed by atoms with Crippen LogP contribution in [0.4, 0.5) is 0 Å². The van der Waals surface area contributed by atoms with Gasteiger partial charge in [0.15, 0.2) is 5.69 Å². The third-order valence-corrected chi connectivity index (χ3v) is 1.31. The summed E-state index contributed by atoms with van der Waals surface area (Å²) in [6.45, 7) is 5.70. The van der Waals surface area contributed by atoms with Crippen LogP contribution in [0.1, 0.15) is 31.3 Å². The summed E-state index contributed by atoms with van der Waals surface area (Å²) in [4.78, 5) is 11.8. The number of carboxylic acids is 1. The van der Waals surface area contributed by atoms with E-state index in [1.165, 1.54) is 11.0 Å². The summed E-state index contributed by atoms with van der Waals surface area (Å²) in [6.07, 6.45) is 1.24. The zero-order valence-corrected chi connectivity index (χ0v) is 7.27. The average molecular weight is 169 g/mol. The zero-order chi connectivity index (χ0) is 9.35. The zero-order valence-electron chi connectivity index (χ0n) is 7.27. The monoisotopic (exact) mass is 169 g/mol. The SMILES string of the molecule is CC(C)(C)n1ncc(C(=O)O)n1. The molecule has 1 rings (SSSR count). The lowest BCUT2D eigenvalue weighted by Crippen LogP contribution is -2.24. The standard InChI is InChI=1S/C7H11N3O2/c1-7(2,3)10-8-4-5(9-10)6(11)12/h4H,1-3H3,(H,11,12). The Kier molecular flexibility index (Phi) is 1.87. The minimum absolute atomic E-state index is 0.0232. The van der Waals surface area contributed by atoms with Crippen LogP contribution in [-0.2, 0) is 5.54 Å². The number of hydrogen-bond donors (Lipinski definition) is 1. The first-order valence-corrected chi connectivity index (χ1v) is 3.57. The Hall–Kier alpha value is -1.39. The predicted molar refractivity (Wildman–Crippen MR) is 42.0 cm³/mol. The topological polar surface area (TPSA) is 68.0 Å². The molecule has 0 atom stereocenters. The van der Waals surface area contributed by atoms with E-state index in [0.717, 1.165) is 0 Å². The van der Waals surface area contributed by atoms with E-state index in [0.29, 0.717) is 0 Å². The molecule has 1 aromatic rings. The van der Waals surface area contributed by atoms with Crippen molar-refractivity contribution in [1.29, 1.82) is 0 Å². The second kappa shape index (κ2) is 2.58. The molecular formula is C7H11N3O2. The molecule has 0 aliphatic heterocycles. The van der Waals surface area contributed by atoms with Crippen LogP contribution in [0.3, 0.4) is 0 Å². The van der Waals surface area contributed by atoms with Crippen LogP contribution < -0.4 is 0 Å². The van der Waals surface area contributed by atoms with Crippen molar-refractivity contribution in [2.24, 2.45) is 0 Å². The molecule has 0 aromatic carbocycles. The highest BCUT2D eigenvalue weighted by Gasteiger charge is 2.17. The maximum Gasteiger partial charge on any atom is 0.358 e. The van der Waals surface area contributed by atoms with Gasteiger partial charge in [0.2, 0.25) is 0 Å². The quantitative estimate of drug-likeness (QED) is 0.673. The molecule has 0 saturated heterocycles. The Morgan fingerprint density at radius 1 is 1.58 bits per heavy atom. The van der Waals surface area contributed by atoms with E-state index in [-0.39, 0.29) is 11.2 Å². The van der Waals surface area contributed by atoms with E-state index < -0.39 is 5.97 Å². The molecule has 0 aliphatic carbocycles. The molecule has 0 fully saturated rings. The molecule has 5 nitrogen and oxygen atoms in total. The summed E-state index contributed by atoms with van der Waals surface area (Å²) in [6, 6.07) is 0. The lowest BCUT2D eigenvalue weighted by atomic mass is 10.1. The summed E-state index contributed by atoms with van der Waals surface area (Å²) in [5.74, 6) is -1.05. The van der Waals surface area contributed by atoms with Crippen molar-refractivity contribution in [3.05, 3.63) is 11.9 Å². The van der Waals surface area contributed by atoms with Crippen LogP contribution in [-0.4, -0.2) is 26.1 Å². The van der Waals surface area contributed by atoms with E-state index in [1.54, 1.807) is 0 Å². The molecule has 1 heterocycles. The fraction of sp³-hybridized carbons (Fsp3) is 0.571. The summed E-state index contributed by atoms with van der Waals surface area (Å²) in [7, 11) is 0. The minimum Gasteiger partial charge on any atom is -0.476 e. The maximum absolute atomic E-state index is 10.4. The molecule has 12 heavy (non-hydrogen) atoms. The lowest BCUT2D eigenvalue weighted by Gasteiger charge is -2.16. The van der Waals surface area contributed by atoms with Crippen LogP contribution in [0.25, 0.3) is 0 Å². The second-order valence-corrected chi connectivity index (χ2v) is 3.50. The number of nitrogens with zero attached hydrogens (tertiary/aromatic N) is 3. The highest BCUT2D eigenvalue weighted by Crippen LogP contribution is 2.09. The van der Waals surface area contributed by atoms with Crippen LogP contribution in [0.5, 0.6) is 0 Å². The van der Waals surface area contributed by atoms with Gasteiger partial charge in [-0.05, 0) is 20.8 Å². The Balaban J connectivity index is 3.00. The van der Waals surface area contributed by atoms with Crippen LogP contribution in [0.2, 0.25) is 0 Å². The van der Waals surface area contributed by atoms with Crippen molar-refractivity contribution in [2.75, 3.05) is 0 Å². The number of carbonyl (C=O) groups is 1. The van der Waals surface area contributed by atoms with Gasteiger partial charge in [0.1, 0.15) is 0 Å². The molecule has 0 saturated carbocycles. The van der Waals surface area contributed by atoms with Gasteiger partial charge in [-0.2, -0.15) is 9.90 Å². The summed E-state index contributed by atoms with van der Waals surface area (Å²) in [5, 5.41) is 16.2. The Morgan fingerprint density at radius 2 is 2.17 bits per heavy atom. The molecule has 1 aromatic heterocycles. The third kappa shape index (κ3) is 1.61. The highest BCUT2D eigenvalue weighted by molar-refractivity contribution is 5.84. The van der Waals surface area contributed by atoms with Gasteiger partial charge in [-0.15, -0.1) is 5.10 Å². The van der Waals surface area contributed by atoms with Gasteiger partial charge in [0.05, 0.1) is 11.7 Å². The number of rotatable bonds is 1. The first kappa shape index (κ1) is 8.70. The third-order valence-electron chi connectivity index (χ3n) is 1.31. The molecule has 5 heteroatoms. The predicted octanol–water partition coefficient (Wildman–Crippen LogP) is 0.731. The average Bonchev–Trinajstić information content (AvgIpc) is 2.30. The van der Waals surface area contributed by atoms with Gasteiger partial charge in [-0.25, -0.2) is 4.79 Å². The van der Waals surface area contributed by atoms with Crippen molar-refractivity contribution in [3.63, 3.8) is 0 Å². The highest BCUT2D eigenvalue weighted by atomic mass is 16.4. The molecule has 0 spiro atoms. The van der Waals surface area contributed by atoms with Crippen LogP contribution in [0, 0.1) is 0 Å². The number of aromatic nitrogens is 3. The van der Waals surface area contributed by atoms with E-state index >= 15 is 0 Å². The maximum atomic E-state index is 10.4. The molecule has 0 unspecified atom stereocenters. The molecule has 0 bridgehead atoms. The van der Waals surface area contributed by atoms with E-state index in [4.69, 9.17) is 5.11 Å². The van der Waals surface area contributed by atoms with Gasteiger partial charge < -0.3 is 5.11 Å². The number of aromatic carboxylic acids is 1. The van der Waals surface area contributed by atoms with E-state index in [1.807, 2.05) is 20.8 Å². The molecule has 0 aliphatic rings. The van der Waals surface area contributed by atoms with Crippen molar-refractivity contribution >= 4 is 5.97 Å². The summed E-state index contributed by atoms with van der Waals surface area (Å²) in [5.41, 5.74) is -0.293. The Labute approximate surface area is 70.0 Å². The first-order chi connectivity index (χ1) is 5.41. The summed E-state index contributed by atoms with van der Waals surface area (Å²) < 4.78 is 0. The number of carboxylic acid groups (broad SMARTS) is 1. The van der Waals surface area contributed by atoms with Crippen molar-refractivity contribution in [3.8, 4) is 0 Å². The molecule has 1 N–H and O–H groups in total. The second-order valence-electron chi connectivity index (χ2n) is 3.50. The first-order valence-electron chi connectivity index (χ1n) is 3.57. The normalized spacial score (nSPS) is 11.6. The summed E-state index contributed by atoms with van der Waals surface area (Å²) >= 11 is 0. The molecule has 0 radical (unpaired) electrons. The van der Waals surface area contributed by atoms with Gasteiger partial charge in [0.25, 0.3) is 0 Å². The van der Waals surface area contributed by atoms with Gasteiger partial charge in [-0.3, -0.25) is 0 Å². The minimum atomic E-state index is -1.05. The Morgan fingerprint density at radius 3 is 2.42 bits per heavy atom. The smallest absolute Gasteiger partial charge is 0.358 e. The fourth-order valence-electron chi connectivity index (χ4n) is 0.684. The molecular weight excluding hydrogens is 158 g/mol. The largest absolute Gasteiger partial charge is 0.476 e. The van der Waals surface area contributed by atoms with E-state index in [2.05, 4.69) is 10.2 Å². The van der Waals surface area contributed by atoms with Gasteiger partial charge >= 0.3 is 5.97 Å². The van der Waals surface area contributed by atoms with Crippen LogP contribution >= 0.6 is 0 Å². The van der Waals surface area contributed by atoms with Crippen molar-refractivity contribution in [1.82, 2.24) is 15.0 Å². The Bertz CT molecular complexity index is 298. The van der Waals surface area contributed by atoms with Crippen molar-refractivity contribution < 1.29 is 9.90 Å². The molecule has 0 amide bonds. The lowest BCUT2D eigenvalue weighted by molar-refractivity contribution is 0.0688. The fourth-order valence-corrected chi connectivity index (χ4v) is 0.684. The van der Waals surface area contributed by atoms with Gasteiger partial charge in [0, 0.05) is 0 Å². The van der Waals surface area contributed by atoms with Gasteiger partial charge in [-0.1, -0.05) is 0 Å². The van der Waals surface area contributed by atoms with Crippen LogP contribution in [0.15, 0.2) is 6.20 Å². The molecule has 66 valence electrons. The van der Waals surface area contributed by atoms with E-state index in [9.17, 15) is 4.79 Å². The number of hydrogen-bond acceptors (Lipinski definition) is 3.